The van der Waals surface area contributed by atoms with Crippen LogP contribution in [0.1, 0.15) is 18.1 Å². The third kappa shape index (κ3) is 2.73. The highest BCUT2D eigenvalue weighted by Crippen LogP contribution is 2.11. The Labute approximate surface area is 96.6 Å². The van der Waals surface area contributed by atoms with E-state index < -0.39 is 0 Å². The SMILES string of the molecule is CC(=C=Cc1ccccc1)c1ccccc1. The first-order valence-electron chi connectivity index (χ1n) is 5.40. The van der Waals surface area contributed by atoms with Crippen LogP contribution < -0.4 is 0 Å². The lowest BCUT2D eigenvalue weighted by Gasteiger charge is -1.96. The van der Waals surface area contributed by atoms with Crippen molar-refractivity contribution in [2.24, 2.45) is 0 Å². The molecule has 0 aliphatic carbocycles. The Morgan fingerprint density at radius 3 is 2.06 bits per heavy atom. The third-order valence-corrected chi connectivity index (χ3v) is 2.46. The molecule has 0 saturated heterocycles. The zero-order valence-electron chi connectivity index (χ0n) is 9.35. The van der Waals surface area contributed by atoms with Crippen LogP contribution in [0.15, 0.2) is 66.4 Å². The van der Waals surface area contributed by atoms with Gasteiger partial charge in [-0.2, -0.15) is 0 Å². The van der Waals surface area contributed by atoms with Gasteiger partial charge in [0.1, 0.15) is 0 Å². The van der Waals surface area contributed by atoms with Crippen LogP contribution in [0, 0.1) is 0 Å². The summed E-state index contributed by atoms with van der Waals surface area (Å²) in [5.74, 6) is 0. The number of rotatable bonds is 2. The van der Waals surface area contributed by atoms with Gasteiger partial charge in [-0.15, -0.1) is 5.73 Å². The Morgan fingerprint density at radius 1 is 0.875 bits per heavy atom. The van der Waals surface area contributed by atoms with Crippen LogP contribution >= 0.6 is 0 Å². The predicted octanol–water partition coefficient (Wildman–Crippen LogP) is 4.40. The quantitative estimate of drug-likeness (QED) is 0.639. The lowest BCUT2D eigenvalue weighted by molar-refractivity contribution is 1.58. The third-order valence-electron chi connectivity index (χ3n) is 2.46. The van der Waals surface area contributed by atoms with Crippen LogP contribution in [0.25, 0.3) is 11.6 Å². The minimum Gasteiger partial charge on any atom is -0.116 e. The van der Waals surface area contributed by atoms with Crippen molar-refractivity contribution in [2.45, 2.75) is 6.92 Å². The maximum atomic E-state index is 3.31. The van der Waals surface area contributed by atoms with Crippen molar-refractivity contribution in [3.05, 3.63) is 77.5 Å². The second-order valence-corrected chi connectivity index (χ2v) is 3.69. The van der Waals surface area contributed by atoms with E-state index in [4.69, 9.17) is 0 Å². The van der Waals surface area contributed by atoms with Gasteiger partial charge in [0.15, 0.2) is 0 Å². The first kappa shape index (κ1) is 10.5. The summed E-state index contributed by atoms with van der Waals surface area (Å²) in [5.41, 5.74) is 6.86. The average Bonchev–Trinajstić information content (AvgIpc) is 2.38. The van der Waals surface area contributed by atoms with E-state index in [-0.39, 0.29) is 0 Å². The molecule has 0 heteroatoms. The van der Waals surface area contributed by atoms with Gasteiger partial charge in [0.05, 0.1) is 0 Å². The highest BCUT2D eigenvalue weighted by molar-refractivity contribution is 5.67. The zero-order chi connectivity index (χ0) is 11.2. The molecule has 0 aliphatic rings. The molecule has 0 saturated carbocycles. The monoisotopic (exact) mass is 206 g/mol. The molecule has 78 valence electrons. The van der Waals surface area contributed by atoms with Crippen LogP contribution in [-0.4, -0.2) is 0 Å². The minimum absolute atomic E-state index is 1.16. The standard InChI is InChI=1S/C16H14/c1-14(16-10-6-3-7-11-16)12-13-15-8-4-2-5-9-15/h2-11,13H,1H3. The van der Waals surface area contributed by atoms with Crippen LogP contribution in [-0.2, 0) is 0 Å². The molecule has 0 aliphatic heterocycles. The Hall–Kier alpha value is -2.04. The van der Waals surface area contributed by atoms with E-state index >= 15 is 0 Å². The smallest absolute Gasteiger partial charge is 0.00188 e. The van der Waals surface area contributed by atoms with Gasteiger partial charge in [-0.05, 0) is 29.7 Å². The topological polar surface area (TPSA) is 0 Å². The highest BCUT2D eigenvalue weighted by Gasteiger charge is 1.90. The van der Waals surface area contributed by atoms with Gasteiger partial charge in [0.2, 0.25) is 0 Å². The molecule has 0 radical (unpaired) electrons. The van der Waals surface area contributed by atoms with Gasteiger partial charge in [-0.1, -0.05) is 60.7 Å². The summed E-state index contributed by atoms with van der Waals surface area (Å²) in [6, 6.07) is 20.5. The van der Waals surface area contributed by atoms with E-state index in [1.54, 1.807) is 0 Å². The van der Waals surface area contributed by atoms with Crippen LogP contribution in [0.3, 0.4) is 0 Å². The van der Waals surface area contributed by atoms with Crippen molar-refractivity contribution in [1.82, 2.24) is 0 Å². The van der Waals surface area contributed by atoms with E-state index in [9.17, 15) is 0 Å². The maximum Gasteiger partial charge on any atom is -0.00188 e. The average molecular weight is 206 g/mol. The molecule has 0 unspecified atom stereocenters. The van der Waals surface area contributed by atoms with Crippen molar-refractivity contribution < 1.29 is 0 Å². The summed E-state index contributed by atoms with van der Waals surface area (Å²) in [4.78, 5) is 0. The molecule has 2 aromatic rings. The minimum atomic E-state index is 1.16. The van der Waals surface area contributed by atoms with E-state index in [1.807, 2.05) is 42.5 Å². The van der Waals surface area contributed by atoms with Gasteiger partial charge in [-0.3, -0.25) is 0 Å². The molecule has 0 heterocycles. The summed E-state index contributed by atoms with van der Waals surface area (Å²) >= 11 is 0. The van der Waals surface area contributed by atoms with Gasteiger partial charge >= 0.3 is 0 Å². The van der Waals surface area contributed by atoms with Crippen LogP contribution in [0.5, 0.6) is 0 Å². The fraction of sp³-hybridized carbons (Fsp3) is 0.0625. The molecule has 16 heavy (non-hydrogen) atoms. The molecule has 0 aromatic heterocycles. The molecule has 0 amide bonds. The Morgan fingerprint density at radius 2 is 1.44 bits per heavy atom. The van der Waals surface area contributed by atoms with Crippen molar-refractivity contribution in [1.29, 1.82) is 0 Å². The number of benzene rings is 2. The lowest BCUT2D eigenvalue weighted by Crippen LogP contribution is -1.75. The van der Waals surface area contributed by atoms with Crippen molar-refractivity contribution in [3.8, 4) is 0 Å². The Balaban J connectivity index is 2.29. The lowest BCUT2D eigenvalue weighted by atomic mass is 10.1. The van der Waals surface area contributed by atoms with Crippen LogP contribution in [0.4, 0.5) is 0 Å². The molecular formula is C16H14. The van der Waals surface area contributed by atoms with Crippen molar-refractivity contribution in [3.63, 3.8) is 0 Å². The molecule has 0 fully saturated rings. The predicted molar refractivity (Wildman–Crippen MR) is 69.9 cm³/mol. The fourth-order valence-electron chi connectivity index (χ4n) is 1.51. The molecule has 0 atom stereocenters. The highest BCUT2D eigenvalue weighted by atomic mass is 13.9. The van der Waals surface area contributed by atoms with Gasteiger partial charge in [-0.25, -0.2) is 0 Å². The van der Waals surface area contributed by atoms with E-state index in [1.165, 1.54) is 11.1 Å². The summed E-state index contributed by atoms with van der Waals surface area (Å²) in [7, 11) is 0. The summed E-state index contributed by atoms with van der Waals surface area (Å²) in [5, 5.41) is 0. The number of allylic oxidation sites excluding steroid dienone is 1. The van der Waals surface area contributed by atoms with Gasteiger partial charge in [0, 0.05) is 0 Å². The van der Waals surface area contributed by atoms with Gasteiger partial charge in [0.25, 0.3) is 0 Å². The van der Waals surface area contributed by atoms with Gasteiger partial charge < -0.3 is 0 Å². The van der Waals surface area contributed by atoms with Crippen LogP contribution in [0.2, 0.25) is 0 Å². The molecule has 0 spiro atoms. The Kier molecular flexibility index (Phi) is 3.38. The van der Waals surface area contributed by atoms with Crippen molar-refractivity contribution >= 4 is 11.6 Å². The molecular weight excluding hydrogens is 192 g/mol. The van der Waals surface area contributed by atoms with E-state index in [0.29, 0.717) is 0 Å². The summed E-state index contributed by atoms with van der Waals surface area (Å²) < 4.78 is 0. The first-order chi connectivity index (χ1) is 7.86. The zero-order valence-corrected chi connectivity index (χ0v) is 9.35. The number of hydrogen-bond donors (Lipinski definition) is 0. The summed E-state index contributed by atoms with van der Waals surface area (Å²) in [6.45, 7) is 2.08. The summed E-state index contributed by atoms with van der Waals surface area (Å²) in [6.07, 6.45) is 2.02. The Bertz CT molecular complexity index is 500. The second-order valence-electron chi connectivity index (χ2n) is 3.69. The molecule has 0 nitrogen and oxygen atoms in total. The molecule has 2 aromatic carbocycles. The normalized spacial score (nSPS) is 9.31. The maximum absolute atomic E-state index is 3.31. The first-order valence-corrected chi connectivity index (χ1v) is 5.40. The fourth-order valence-corrected chi connectivity index (χ4v) is 1.51. The largest absolute Gasteiger partial charge is 0.116 e. The van der Waals surface area contributed by atoms with Crippen molar-refractivity contribution in [2.75, 3.05) is 0 Å². The molecule has 0 bridgehead atoms. The molecule has 2 rings (SSSR count). The van der Waals surface area contributed by atoms with E-state index in [0.717, 1.165) is 5.57 Å². The number of hydrogen-bond acceptors (Lipinski definition) is 0. The molecule has 0 N–H and O–H groups in total. The van der Waals surface area contributed by atoms with E-state index in [2.05, 4.69) is 36.9 Å². The second kappa shape index (κ2) is 5.16.